The number of ketones is 1. The molecule has 1 fully saturated rings. The van der Waals surface area contributed by atoms with Crippen molar-refractivity contribution >= 4 is 5.78 Å². The second kappa shape index (κ2) is 3.66. The van der Waals surface area contributed by atoms with Gasteiger partial charge >= 0.3 is 0 Å². The van der Waals surface area contributed by atoms with Gasteiger partial charge in [0.2, 0.25) is 0 Å². The first-order valence-electron chi connectivity index (χ1n) is 5.09. The predicted octanol–water partition coefficient (Wildman–Crippen LogP) is 1.47. The maximum Gasteiger partial charge on any atom is 0.158 e. The molecule has 0 aromatic heterocycles. The van der Waals surface area contributed by atoms with Crippen LogP contribution in [0.4, 0.5) is 0 Å². The van der Waals surface area contributed by atoms with Crippen molar-refractivity contribution in [3.8, 4) is 5.75 Å². The molecule has 0 radical (unpaired) electrons. The van der Waals surface area contributed by atoms with E-state index in [4.69, 9.17) is 4.74 Å². The van der Waals surface area contributed by atoms with Gasteiger partial charge in [-0.25, -0.2) is 0 Å². The molecule has 1 saturated heterocycles. The van der Waals surface area contributed by atoms with Crippen LogP contribution < -0.4 is 10.1 Å². The number of carbonyl (C=O) groups is 1. The molecule has 1 unspecified atom stereocenters. The van der Waals surface area contributed by atoms with E-state index >= 15 is 0 Å². The van der Waals surface area contributed by atoms with Gasteiger partial charge in [0.05, 0.1) is 7.11 Å². The van der Waals surface area contributed by atoms with E-state index in [-0.39, 0.29) is 5.78 Å². The molecule has 80 valence electrons. The van der Waals surface area contributed by atoms with Crippen LogP contribution in [0.5, 0.6) is 5.75 Å². The van der Waals surface area contributed by atoms with E-state index in [0.717, 1.165) is 17.9 Å². The SMILES string of the molecule is COc1cccc(C2(C)NCCC2=O)c1. The van der Waals surface area contributed by atoms with Crippen molar-refractivity contribution in [3.05, 3.63) is 29.8 Å². The summed E-state index contributed by atoms with van der Waals surface area (Å²) in [5.41, 5.74) is 0.443. The van der Waals surface area contributed by atoms with Gasteiger partial charge in [-0.05, 0) is 24.6 Å². The van der Waals surface area contributed by atoms with Crippen LogP contribution in [0.3, 0.4) is 0 Å². The van der Waals surface area contributed by atoms with Crippen LogP contribution in [0.15, 0.2) is 24.3 Å². The Bertz CT molecular complexity index is 389. The summed E-state index contributed by atoms with van der Waals surface area (Å²) in [4.78, 5) is 11.8. The molecule has 1 aromatic carbocycles. The normalized spacial score (nSPS) is 25.6. The fraction of sp³-hybridized carbons (Fsp3) is 0.417. The zero-order valence-electron chi connectivity index (χ0n) is 9.04. The number of methoxy groups -OCH3 is 1. The van der Waals surface area contributed by atoms with Crippen LogP contribution >= 0.6 is 0 Å². The zero-order chi connectivity index (χ0) is 10.9. The van der Waals surface area contributed by atoms with Gasteiger partial charge in [-0.15, -0.1) is 0 Å². The first-order valence-corrected chi connectivity index (χ1v) is 5.09. The Kier molecular flexibility index (Phi) is 2.49. The van der Waals surface area contributed by atoms with Gasteiger partial charge in [0.1, 0.15) is 11.3 Å². The van der Waals surface area contributed by atoms with Gasteiger partial charge in [0.15, 0.2) is 5.78 Å². The Balaban J connectivity index is 2.39. The summed E-state index contributed by atoms with van der Waals surface area (Å²) < 4.78 is 5.16. The monoisotopic (exact) mass is 205 g/mol. The largest absolute Gasteiger partial charge is 0.497 e. The van der Waals surface area contributed by atoms with E-state index in [1.165, 1.54) is 0 Å². The van der Waals surface area contributed by atoms with E-state index in [1.807, 2.05) is 31.2 Å². The minimum atomic E-state index is -0.533. The quantitative estimate of drug-likeness (QED) is 0.794. The summed E-state index contributed by atoms with van der Waals surface area (Å²) in [7, 11) is 1.63. The maximum absolute atomic E-state index is 11.8. The maximum atomic E-state index is 11.8. The molecular weight excluding hydrogens is 190 g/mol. The highest BCUT2D eigenvalue weighted by atomic mass is 16.5. The topological polar surface area (TPSA) is 38.3 Å². The summed E-state index contributed by atoms with van der Waals surface area (Å²) >= 11 is 0. The molecule has 1 atom stereocenters. The molecule has 0 spiro atoms. The highest BCUT2D eigenvalue weighted by molar-refractivity contribution is 5.91. The van der Waals surface area contributed by atoms with E-state index in [9.17, 15) is 4.79 Å². The minimum Gasteiger partial charge on any atom is -0.497 e. The van der Waals surface area contributed by atoms with Gasteiger partial charge in [0.25, 0.3) is 0 Å². The molecular formula is C12H15NO2. The lowest BCUT2D eigenvalue weighted by Gasteiger charge is -2.23. The van der Waals surface area contributed by atoms with Crippen molar-refractivity contribution < 1.29 is 9.53 Å². The third-order valence-corrected chi connectivity index (χ3v) is 3.04. The summed E-state index contributed by atoms with van der Waals surface area (Å²) in [5, 5.41) is 3.25. The van der Waals surface area contributed by atoms with Crippen molar-refractivity contribution in [2.75, 3.05) is 13.7 Å². The number of ether oxygens (including phenoxy) is 1. The Hall–Kier alpha value is -1.35. The first kappa shape index (κ1) is 10.2. The van der Waals surface area contributed by atoms with Crippen LogP contribution in [-0.4, -0.2) is 19.4 Å². The van der Waals surface area contributed by atoms with Crippen molar-refractivity contribution in [2.45, 2.75) is 18.9 Å². The van der Waals surface area contributed by atoms with Crippen molar-refractivity contribution in [3.63, 3.8) is 0 Å². The number of Topliss-reactive ketones (excluding diaryl/α,β-unsaturated/α-hetero) is 1. The van der Waals surface area contributed by atoms with Crippen LogP contribution in [0, 0.1) is 0 Å². The Morgan fingerprint density at radius 1 is 1.47 bits per heavy atom. The van der Waals surface area contributed by atoms with Gasteiger partial charge in [0, 0.05) is 13.0 Å². The fourth-order valence-corrected chi connectivity index (χ4v) is 1.97. The first-order chi connectivity index (χ1) is 7.16. The highest BCUT2D eigenvalue weighted by Gasteiger charge is 2.38. The van der Waals surface area contributed by atoms with Crippen molar-refractivity contribution in [2.24, 2.45) is 0 Å². The summed E-state index contributed by atoms with van der Waals surface area (Å²) in [6.07, 6.45) is 0.605. The van der Waals surface area contributed by atoms with E-state index < -0.39 is 5.54 Å². The number of nitrogens with one attached hydrogen (secondary N) is 1. The zero-order valence-corrected chi connectivity index (χ0v) is 9.04. The standard InChI is InChI=1S/C12H15NO2/c1-12(11(14)6-7-13-12)9-4-3-5-10(8-9)15-2/h3-5,8,13H,6-7H2,1-2H3. The van der Waals surface area contributed by atoms with Crippen LogP contribution in [0.2, 0.25) is 0 Å². The molecule has 0 amide bonds. The Morgan fingerprint density at radius 3 is 2.87 bits per heavy atom. The molecule has 1 aromatic rings. The smallest absolute Gasteiger partial charge is 0.158 e. The number of benzene rings is 1. The fourth-order valence-electron chi connectivity index (χ4n) is 1.97. The van der Waals surface area contributed by atoms with Gasteiger partial charge in [-0.1, -0.05) is 12.1 Å². The van der Waals surface area contributed by atoms with Gasteiger partial charge < -0.3 is 10.1 Å². The Labute approximate surface area is 89.4 Å². The van der Waals surface area contributed by atoms with Gasteiger partial charge in [-0.3, -0.25) is 4.79 Å². The predicted molar refractivity (Wildman–Crippen MR) is 58.0 cm³/mol. The second-order valence-electron chi connectivity index (χ2n) is 3.96. The number of hydrogen-bond acceptors (Lipinski definition) is 3. The molecule has 0 bridgehead atoms. The molecule has 0 aliphatic carbocycles. The van der Waals surface area contributed by atoms with Gasteiger partial charge in [-0.2, -0.15) is 0 Å². The average molecular weight is 205 g/mol. The lowest BCUT2D eigenvalue weighted by atomic mass is 9.89. The summed E-state index contributed by atoms with van der Waals surface area (Å²) in [5.74, 6) is 1.03. The summed E-state index contributed by atoms with van der Waals surface area (Å²) in [6, 6.07) is 7.66. The highest BCUT2D eigenvalue weighted by Crippen LogP contribution is 2.29. The van der Waals surface area contributed by atoms with Crippen molar-refractivity contribution in [1.29, 1.82) is 0 Å². The Morgan fingerprint density at radius 2 is 2.27 bits per heavy atom. The number of hydrogen-bond donors (Lipinski definition) is 1. The summed E-state index contributed by atoms with van der Waals surface area (Å²) in [6.45, 7) is 2.68. The third kappa shape index (κ3) is 1.63. The average Bonchev–Trinajstić information content (AvgIpc) is 2.61. The molecule has 2 rings (SSSR count). The van der Waals surface area contributed by atoms with Crippen LogP contribution in [-0.2, 0) is 10.3 Å². The number of rotatable bonds is 2. The molecule has 1 aliphatic rings. The van der Waals surface area contributed by atoms with Crippen molar-refractivity contribution in [1.82, 2.24) is 5.32 Å². The van der Waals surface area contributed by atoms with E-state index in [2.05, 4.69) is 5.32 Å². The molecule has 3 nitrogen and oxygen atoms in total. The molecule has 1 N–H and O–H groups in total. The molecule has 1 heterocycles. The van der Waals surface area contributed by atoms with Crippen LogP contribution in [0.25, 0.3) is 0 Å². The van der Waals surface area contributed by atoms with E-state index in [0.29, 0.717) is 6.42 Å². The number of carbonyl (C=O) groups excluding carboxylic acids is 1. The molecule has 0 saturated carbocycles. The lowest BCUT2D eigenvalue weighted by Crippen LogP contribution is -2.38. The van der Waals surface area contributed by atoms with Crippen LogP contribution in [0.1, 0.15) is 18.9 Å². The second-order valence-corrected chi connectivity index (χ2v) is 3.96. The molecule has 3 heteroatoms. The molecule has 1 aliphatic heterocycles. The minimum absolute atomic E-state index is 0.246. The molecule has 15 heavy (non-hydrogen) atoms. The third-order valence-electron chi connectivity index (χ3n) is 3.04. The lowest BCUT2D eigenvalue weighted by molar-refractivity contribution is -0.122. The van der Waals surface area contributed by atoms with E-state index in [1.54, 1.807) is 7.11 Å².